The van der Waals surface area contributed by atoms with Crippen LogP contribution in [0, 0.1) is 0 Å². The first-order chi connectivity index (χ1) is 15.2. The molecule has 160 valence electrons. The minimum Gasteiger partial charge on any atom is -0.249 e. The highest BCUT2D eigenvalue weighted by atomic mass is 15.5. The molecule has 7 nitrogen and oxygen atoms in total. The van der Waals surface area contributed by atoms with Crippen LogP contribution in [0.25, 0.3) is 22.5 Å². The lowest BCUT2D eigenvalue weighted by Gasteiger charge is -2.09. The Hall–Kier alpha value is -3.35. The minimum absolute atomic E-state index is 0.381. The van der Waals surface area contributed by atoms with E-state index in [0.29, 0.717) is 11.7 Å². The van der Waals surface area contributed by atoms with Gasteiger partial charge in [0, 0.05) is 24.4 Å². The van der Waals surface area contributed by atoms with Gasteiger partial charge in [-0.1, -0.05) is 75.7 Å². The summed E-state index contributed by atoms with van der Waals surface area (Å²) in [6.45, 7) is 7.51. The Morgan fingerprint density at radius 2 is 1.77 bits per heavy atom. The van der Waals surface area contributed by atoms with Gasteiger partial charge in [0.2, 0.25) is 0 Å². The van der Waals surface area contributed by atoms with Crippen LogP contribution in [-0.2, 0) is 13.0 Å². The van der Waals surface area contributed by atoms with Crippen molar-refractivity contribution in [1.82, 2.24) is 35.4 Å². The van der Waals surface area contributed by atoms with Crippen LogP contribution in [0.15, 0.2) is 48.5 Å². The maximum atomic E-state index is 4.88. The van der Waals surface area contributed by atoms with Gasteiger partial charge in [-0.25, -0.2) is 14.8 Å². The zero-order valence-electron chi connectivity index (χ0n) is 18.4. The molecule has 0 spiro atoms. The van der Waals surface area contributed by atoms with Crippen molar-refractivity contribution in [3.05, 3.63) is 65.7 Å². The van der Waals surface area contributed by atoms with Crippen LogP contribution in [-0.4, -0.2) is 35.4 Å². The Morgan fingerprint density at radius 3 is 2.45 bits per heavy atom. The Balaban J connectivity index is 1.58. The smallest absolute Gasteiger partial charge is 0.180 e. The van der Waals surface area contributed by atoms with E-state index in [9.17, 15) is 0 Å². The van der Waals surface area contributed by atoms with E-state index in [2.05, 4.69) is 76.4 Å². The average Bonchev–Trinajstić information content (AvgIpc) is 3.48. The van der Waals surface area contributed by atoms with Crippen molar-refractivity contribution < 1.29 is 0 Å². The van der Waals surface area contributed by atoms with Crippen molar-refractivity contribution in [2.24, 2.45) is 0 Å². The fraction of sp³-hybridized carbons (Fsp3) is 0.375. The largest absolute Gasteiger partial charge is 0.249 e. The number of rotatable bonds is 9. The van der Waals surface area contributed by atoms with Crippen LogP contribution in [0.3, 0.4) is 0 Å². The van der Waals surface area contributed by atoms with E-state index in [4.69, 9.17) is 10.1 Å². The number of H-pyrrole nitrogens is 1. The molecule has 0 saturated carbocycles. The molecule has 4 rings (SSSR count). The summed E-state index contributed by atoms with van der Waals surface area (Å²) in [5.74, 6) is 3.05. The molecule has 1 unspecified atom stereocenters. The minimum atomic E-state index is 0.381. The number of benzene rings is 2. The van der Waals surface area contributed by atoms with Crippen molar-refractivity contribution in [3.8, 4) is 22.5 Å². The first kappa shape index (κ1) is 20.9. The molecule has 0 fully saturated rings. The van der Waals surface area contributed by atoms with E-state index in [1.54, 1.807) is 0 Å². The summed E-state index contributed by atoms with van der Waals surface area (Å²) in [5.41, 5.74) is 4.43. The van der Waals surface area contributed by atoms with Gasteiger partial charge in [0.25, 0.3) is 0 Å². The molecule has 0 saturated heterocycles. The monoisotopic (exact) mass is 415 g/mol. The average molecular weight is 416 g/mol. The number of nitrogens with one attached hydrogen (secondary N) is 1. The van der Waals surface area contributed by atoms with Gasteiger partial charge in [-0.2, -0.15) is 5.10 Å². The van der Waals surface area contributed by atoms with Gasteiger partial charge in [0.15, 0.2) is 11.6 Å². The molecule has 0 amide bonds. The number of hydrogen-bond donors (Lipinski definition) is 1. The fourth-order valence-electron chi connectivity index (χ4n) is 3.60. The molecule has 2 aromatic heterocycles. The molecule has 7 heteroatoms. The topological polar surface area (TPSA) is 85.2 Å². The molecule has 2 heterocycles. The van der Waals surface area contributed by atoms with E-state index in [1.807, 2.05) is 18.2 Å². The summed E-state index contributed by atoms with van der Waals surface area (Å²) in [5, 5.41) is 19.1. The number of aromatic nitrogens is 7. The molecule has 1 atom stereocenters. The van der Waals surface area contributed by atoms with Gasteiger partial charge in [-0.3, -0.25) is 0 Å². The van der Waals surface area contributed by atoms with Crippen LogP contribution >= 0.6 is 0 Å². The first-order valence-corrected chi connectivity index (χ1v) is 11.1. The van der Waals surface area contributed by atoms with E-state index < -0.39 is 0 Å². The van der Waals surface area contributed by atoms with Crippen LogP contribution in [0.1, 0.15) is 63.2 Å². The van der Waals surface area contributed by atoms with E-state index in [1.165, 1.54) is 5.56 Å². The molecule has 31 heavy (non-hydrogen) atoms. The third-order valence-electron chi connectivity index (χ3n) is 5.70. The quantitative estimate of drug-likeness (QED) is 0.414. The SMILES string of the molecule is CCCCn1nc(C(C)CC)nc1Cc1ccc(-c2ccccc2-c2nnn[nH]2)cc1. The highest BCUT2D eigenvalue weighted by Crippen LogP contribution is 2.30. The molecule has 4 aromatic rings. The van der Waals surface area contributed by atoms with E-state index in [-0.39, 0.29) is 0 Å². The third-order valence-corrected chi connectivity index (χ3v) is 5.70. The molecular formula is C24H29N7. The number of unbranched alkanes of at least 4 members (excludes halogenated alkanes) is 1. The van der Waals surface area contributed by atoms with Gasteiger partial charge in [-0.15, -0.1) is 5.10 Å². The maximum absolute atomic E-state index is 4.88. The van der Waals surface area contributed by atoms with Gasteiger partial charge >= 0.3 is 0 Å². The van der Waals surface area contributed by atoms with Gasteiger partial charge in [0.05, 0.1) is 0 Å². The summed E-state index contributed by atoms with van der Waals surface area (Å²) in [6, 6.07) is 16.8. The van der Waals surface area contributed by atoms with Crippen LogP contribution in [0.5, 0.6) is 0 Å². The zero-order valence-corrected chi connectivity index (χ0v) is 18.4. The highest BCUT2D eigenvalue weighted by Gasteiger charge is 2.15. The zero-order chi connectivity index (χ0) is 21.6. The second kappa shape index (κ2) is 9.64. The maximum Gasteiger partial charge on any atom is 0.180 e. The van der Waals surface area contributed by atoms with Gasteiger partial charge in [-0.05, 0) is 40.0 Å². The van der Waals surface area contributed by atoms with Crippen LogP contribution < -0.4 is 0 Å². The second-order valence-corrected chi connectivity index (χ2v) is 7.94. The molecule has 0 bridgehead atoms. The number of aryl methyl sites for hydroxylation is 1. The number of hydrogen-bond acceptors (Lipinski definition) is 5. The van der Waals surface area contributed by atoms with E-state index in [0.717, 1.165) is 60.6 Å². The van der Waals surface area contributed by atoms with Crippen LogP contribution in [0.2, 0.25) is 0 Å². The van der Waals surface area contributed by atoms with Gasteiger partial charge < -0.3 is 0 Å². The Bertz CT molecular complexity index is 1100. The van der Waals surface area contributed by atoms with Gasteiger partial charge in [0.1, 0.15) is 5.82 Å². The summed E-state index contributed by atoms with van der Waals surface area (Å²) >= 11 is 0. The number of aromatic amines is 1. The van der Waals surface area contributed by atoms with Crippen molar-refractivity contribution in [2.75, 3.05) is 0 Å². The molecule has 0 aliphatic rings. The molecule has 2 aromatic carbocycles. The predicted octanol–water partition coefficient (Wildman–Crippen LogP) is 5.03. The molecule has 0 radical (unpaired) electrons. The normalized spacial score (nSPS) is 12.2. The second-order valence-electron chi connectivity index (χ2n) is 7.94. The van der Waals surface area contributed by atoms with E-state index >= 15 is 0 Å². The molecule has 0 aliphatic carbocycles. The third kappa shape index (κ3) is 4.71. The first-order valence-electron chi connectivity index (χ1n) is 11.1. The van der Waals surface area contributed by atoms with Crippen molar-refractivity contribution >= 4 is 0 Å². The lowest BCUT2D eigenvalue weighted by atomic mass is 9.98. The number of tetrazole rings is 1. The highest BCUT2D eigenvalue weighted by molar-refractivity contribution is 5.80. The molecule has 0 aliphatic heterocycles. The molecule has 1 N–H and O–H groups in total. The fourth-order valence-corrected chi connectivity index (χ4v) is 3.60. The lowest BCUT2D eigenvalue weighted by molar-refractivity contribution is 0.539. The Labute approximate surface area is 182 Å². The van der Waals surface area contributed by atoms with Crippen molar-refractivity contribution in [3.63, 3.8) is 0 Å². The standard InChI is InChI=1S/C24H29N7/c1-4-6-15-31-22(25-23(28-31)17(3)5-2)16-18-11-13-19(14-12-18)20-9-7-8-10-21(20)24-26-29-30-27-24/h7-14,17H,4-6,15-16H2,1-3H3,(H,26,27,29,30). The summed E-state index contributed by atoms with van der Waals surface area (Å²) in [7, 11) is 0. The molecular weight excluding hydrogens is 386 g/mol. The van der Waals surface area contributed by atoms with Crippen molar-refractivity contribution in [2.45, 2.75) is 58.9 Å². The summed E-state index contributed by atoms with van der Waals surface area (Å²) in [6.07, 6.45) is 4.09. The van der Waals surface area contributed by atoms with Crippen molar-refractivity contribution in [1.29, 1.82) is 0 Å². The summed E-state index contributed by atoms with van der Waals surface area (Å²) < 4.78 is 2.10. The Morgan fingerprint density at radius 1 is 1.00 bits per heavy atom. The predicted molar refractivity (Wildman–Crippen MR) is 121 cm³/mol. The number of nitrogens with zero attached hydrogens (tertiary/aromatic N) is 6. The lowest BCUT2D eigenvalue weighted by Crippen LogP contribution is -2.06. The summed E-state index contributed by atoms with van der Waals surface area (Å²) in [4.78, 5) is 4.88. The van der Waals surface area contributed by atoms with Crippen LogP contribution in [0.4, 0.5) is 0 Å². The Kier molecular flexibility index (Phi) is 6.50.